The fourth-order valence-electron chi connectivity index (χ4n) is 2.27. The molecule has 4 heteroatoms. The van der Waals surface area contributed by atoms with Gasteiger partial charge in [0.15, 0.2) is 0 Å². The summed E-state index contributed by atoms with van der Waals surface area (Å²) >= 11 is 2.10. The summed E-state index contributed by atoms with van der Waals surface area (Å²) in [6, 6.07) is 8.29. The summed E-state index contributed by atoms with van der Waals surface area (Å²) in [5.74, 6) is 1.68. The van der Waals surface area contributed by atoms with Gasteiger partial charge in [0, 0.05) is 11.5 Å². The van der Waals surface area contributed by atoms with E-state index in [0.29, 0.717) is 17.7 Å². The monoisotopic (exact) mass is 380 g/mol. The first-order chi connectivity index (χ1) is 9.56. The van der Waals surface area contributed by atoms with Crippen LogP contribution in [0, 0.1) is 3.57 Å². The maximum absolute atomic E-state index is 12.0. The van der Waals surface area contributed by atoms with E-state index in [-0.39, 0.29) is 5.56 Å². The van der Waals surface area contributed by atoms with Crippen molar-refractivity contribution in [3.63, 3.8) is 0 Å². The molecule has 0 saturated heterocycles. The van der Waals surface area contributed by atoms with Crippen LogP contribution < -0.4 is 5.56 Å². The first kappa shape index (κ1) is 13.8. The number of benzene rings is 1. The average Bonchev–Trinajstić information content (AvgIpc) is 3.26. The number of halogens is 1. The van der Waals surface area contributed by atoms with Crippen LogP contribution in [0.1, 0.15) is 49.8 Å². The lowest BCUT2D eigenvalue weighted by atomic mass is 10.0. The minimum atomic E-state index is -0.0227. The number of rotatable bonds is 3. The number of nitrogens with one attached hydrogen (secondary N) is 1. The highest BCUT2D eigenvalue weighted by molar-refractivity contribution is 14.1. The smallest absolute Gasteiger partial charge is 0.264 e. The van der Waals surface area contributed by atoms with E-state index < -0.39 is 0 Å². The van der Waals surface area contributed by atoms with E-state index in [2.05, 4.69) is 58.5 Å². The second kappa shape index (κ2) is 5.31. The van der Waals surface area contributed by atoms with Crippen molar-refractivity contribution in [3.8, 4) is 11.4 Å². The lowest BCUT2D eigenvalue weighted by Crippen LogP contribution is -2.15. The molecule has 1 aliphatic carbocycles. The van der Waals surface area contributed by atoms with Gasteiger partial charge in [-0.1, -0.05) is 38.1 Å². The molecule has 0 unspecified atom stereocenters. The largest absolute Gasteiger partial charge is 0.306 e. The van der Waals surface area contributed by atoms with E-state index in [0.717, 1.165) is 27.7 Å². The van der Waals surface area contributed by atoms with Gasteiger partial charge in [-0.15, -0.1) is 0 Å². The quantitative estimate of drug-likeness (QED) is 0.817. The summed E-state index contributed by atoms with van der Waals surface area (Å²) in [6.45, 7) is 4.34. The first-order valence-electron chi connectivity index (χ1n) is 6.96. The minimum Gasteiger partial charge on any atom is -0.306 e. The molecule has 0 atom stereocenters. The first-order valence-corrected chi connectivity index (χ1v) is 8.04. The SMILES string of the molecule is CC(C)c1ccc(-c2nc(C3CC3)c(I)c(=O)[nH]2)cc1. The third kappa shape index (κ3) is 2.66. The Hall–Kier alpha value is -1.17. The van der Waals surface area contributed by atoms with Crippen molar-refractivity contribution in [1.82, 2.24) is 9.97 Å². The highest BCUT2D eigenvalue weighted by Crippen LogP contribution is 2.40. The van der Waals surface area contributed by atoms with Crippen LogP contribution in [0.25, 0.3) is 11.4 Å². The maximum Gasteiger partial charge on any atom is 0.264 e. The van der Waals surface area contributed by atoms with E-state index in [1.807, 2.05) is 12.1 Å². The van der Waals surface area contributed by atoms with Crippen LogP contribution in [-0.2, 0) is 0 Å². The number of hydrogen-bond acceptors (Lipinski definition) is 2. The van der Waals surface area contributed by atoms with Gasteiger partial charge in [0.2, 0.25) is 0 Å². The average molecular weight is 380 g/mol. The van der Waals surface area contributed by atoms with Crippen LogP contribution in [-0.4, -0.2) is 9.97 Å². The van der Waals surface area contributed by atoms with Gasteiger partial charge in [-0.3, -0.25) is 4.79 Å². The van der Waals surface area contributed by atoms with Gasteiger partial charge >= 0.3 is 0 Å². The van der Waals surface area contributed by atoms with Crippen LogP contribution >= 0.6 is 22.6 Å². The van der Waals surface area contributed by atoms with Gasteiger partial charge in [-0.2, -0.15) is 0 Å². The zero-order chi connectivity index (χ0) is 14.3. The topological polar surface area (TPSA) is 45.8 Å². The fourth-order valence-corrected chi connectivity index (χ4v) is 2.96. The predicted molar refractivity (Wildman–Crippen MR) is 89.1 cm³/mol. The zero-order valence-electron chi connectivity index (χ0n) is 11.6. The van der Waals surface area contributed by atoms with Crippen LogP contribution in [0.15, 0.2) is 29.1 Å². The molecule has 0 spiro atoms. The Morgan fingerprint density at radius 3 is 2.45 bits per heavy atom. The van der Waals surface area contributed by atoms with Gasteiger partial charge in [0.1, 0.15) is 5.82 Å². The standard InChI is InChI=1S/C16H17IN2O/c1-9(2)10-3-7-12(8-4-10)15-18-14(11-5-6-11)13(17)16(20)19-15/h3-4,7-9,11H,5-6H2,1-2H3,(H,18,19,20). The van der Waals surface area contributed by atoms with Crippen molar-refractivity contribution in [2.24, 2.45) is 0 Å². The summed E-state index contributed by atoms with van der Waals surface area (Å²) < 4.78 is 0.743. The van der Waals surface area contributed by atoms with Gasteiger partial charge < -0.3 is 4.98 Å². The Balaban J connectivity index is 2.03. The molecule has 0 bridgehead atoms. The summed E-state index contributed by atoms with van der Waals surface area (Å²) in [5.41, 5.74) is 3.22. The second-order valence-corrected chi connectivity index (χ2v) is 6.74. The molecule has 0 aliphatic heterocycles. The molecule has 1 aromatic carbocycles. The fraction of sp³-hybridized carbons (Fsp3) is 0.375. The molecule has 2 aromatic rings. The molecule has 1 aromatic heterocycles. The minimum absolute atomic E-state index is 0.0227. The third-order valence-electron chi connectivity index (χ3n) is 3.70. The van der Waals surface area contributed by atoms with E-state index in [9.17, 15) is 4.79 Å². The molecule has 1 N–H and O–H groups in total. The van der Waals surface area contributed by atoms with Crippen LogP contribution in [0.4, 0.5) is 0 Å². The molecule has 0 radical (unpaired) electrons. The van der Waals surface area contributed by atoms with E-state index >= 15 is 0 Å². The summed E-state index contributed by atoms with van der Waals surface area (Å²) in [4.78, 5) is 19.6. The molecule has 3 rings (SSSR count). The van der Waals surface area contributed by atoms with E-state index in [4.69, 9.17) is 0 Å². The van der Waals surface area contributed by atoms with Crippen LogP contribution in [0.2, 0.25) is 0 Å². The molecule has 1 aliphatic rings. The summed E-state index contributed by atoms with van der Waals surface area (Å²) in [5, 5.41) is 0. The highest BCUT2D eigenvalue weighted by atomic mass is 127. The van der Waals surface area contributed by atoms with Crippen molar-refractivity contribution in [3.05, 3.63) is 49.4 Å². The number of aromatic nitrogens is 2. The summed E-state index contributed by atoms with van der Waals surface area (Å²) in [6.07, 6.45) is 2.30. The normalized spacial score (nSPS) is 14.8. The molecule has 20 heavy (non-hydrogen) atoms. The zero-order valence-corrected chi connectivity index (χ0v) is 13.8. The summed E-state index contributed by atoms with van der Waals surface area (Å²) in [7, 11) is 0. The Morgan fingerprint density at radius 2 is 1.90 bits per heavy atom. The number of H-pyrrole nitrogens is 1. The molecule has 1 fully saturated rings. The van der Waals surface area contributed by atoms with E-state index in [1.165, 1.54) is 5.56 Å². The Bertz CT molecular complexity index is 685. The molecular weight excluding hydrogens is 363 g/mol. The molecule has 1 saturated carbocycles. The maximum atomic E-state index is 12.0. The van der Waals surface area contributed by atoms with Crippen molar-refractivity contribution < 1.29 is 0 Å². The molecular formula is C16H17IN2O. The van der Waals surface area contributed by atoms with Gasteiger partial charge in [-0.25, -0.2) is 4.98 Å². The highest BCUT2D eigenvalue weighted by Gasteiger charge is 2.28. The second-order valence-electron chi connectivity index (χ2n) is 5.66. The Morgan fingerprint density at radius 1 is 1.25 bits per heavy atom. The Kier molecular flexibility index (Phi) is 3.67. The third-order valence-corrected chi connectivity index (χ3v) is 4.75. The number of hydrogen-bond donors (Lipinski definition) is 1. The van der Waals surface area contributed by atoms with Crippen molar-refractivity contribution in [2.75, 3.05) is 0 Å². The van der Waals surface area contributed by atoms with Gasteiger partial charge in [-0.05, 0) is 46.9 Å². The van der Waals surface area contributed by atoms with Crippen LogP contribution in [0.3, 0.4) is 0 Å². The molecule has 0 amide bonds. The van der Waals surface area contributed by atoms with Crippen molar-refractivity contribution in [2.45, 2.75) is 38.5 Å². The molecule has 3 nitrogen and oxygen atoms in total. The molecule has 104 valence electrons. The van der Waals surface area contributed by atoms with Crippen LogP contribution in [0.5, 0.6) is 0 Å². The van der Waals surface area contributed by atoms with E-state index in [1.54, 1.807) is 0 Å². The van der Waals surface area contributed by atoms with Crippen molar-refractivity contribution >= 4 is 22.6 Å². The number of aromatic amines is 1. The van der Waals surface area contributed by atoms with Gasteiger partial charge in [0.25, 0.3) is 5.56 Å². The van der Waals surface area contributed by atoms with Gasteiger partial charge in [0.05, 0.1) is 9.26 Å². The number of nitrogens with zero attached hydrogens (tertiary/aromatic N) is 1. The van der Waals surface area contributed by atoms with Crippen molar-refractivity contribution in [1.29, 1.82) is 0 Å². The predicted octanol–water partition coefficient (Wildman–Crippen LogP) is 4.04. The Labute approximate surface area is 132 Å². The lowest BCUT2D eigenvalue weighted by Gasteiger charge is -2.08. The lowest BCUT2D eigenvalue weighted by molar-refractivity contribution is 0.866. The molecule has 1 heterocycles.